The second kappa shape index (κ2) is 6.44. The number of hydrogen-bond acceptors (Lipinski definition) is 4. The minimum atomic E-state index is -3.90. The van der Waals surface area contributed by atoms with E-state index in [4.69, 9.17) is 5.14 Å². The predicted octanol–water partition coefficient (Wildman–Crippen LogP) is 2.02. The number of primary sulfonamides is 1. The molecule has 116 valence electrons. The summed E-state index contributed by atoms with van der Waals surface area (Å²) in [6.45, 7) is 0.680. The molecular formula is C14H20N2O4S. The largest absolute Gasteiger partial charge is 0.478 e. The molecule has 4 N–H and O–H groups in total. The van der Waals surface area contributed by atoms with Crippen molar-refractivity contribution in [2.75, 3.05) is 11.9 Å². The van der Waals surface area contributed by atoms with Crippen LogP contribution in [0.15, 0.2) is 23.1 Å². The van der Waals surface area contributed by atoms with E-state index in [-0.39, 0.29) is 10.5 Å². The Hall–Kier alpha value is -1.60. The molecule has 0 unspecified atom stereocenters. The smallest absolute Gasteiger partial charge is 0.337 e. The van der Waals surface area contributed by atoms with Crippen LogP contribution in [0, 0.1) is 5.92 Å². The predicted molar refractivity (Wildman–Crippen MR) is 79.8 cm³/mol. The van der Waals surface area contributed by atoms with Crippen molar-refractivity contribution in [2.24, 2.45) is 11.1 Å². The van der Waals surface area contributed by atoms with Crippen molar-refractivity contribution in [3.63, 3.8) is 0 Å². The molecule has 1 saturated carbocycles. The van der Waals surface area contributed by atoms with Gasteiger partial charge in [0.25, 0.3) is 0 Å². The third-order valence-corrected chi connectivity index (χ3v) is 4.80. The normalized spacial score (nSPS) is 16.0. The number of carbonyl (C=O) groups is 1. The maximum Gasteiger partial charge on any atom is 0.337 e. The lowest BCUT2D eigenvalue weighted by atomic mass is 10.0. The maximum absolute atomic E-state index is 11.3. The zero-order valence-electron chi connectivity index (χ0n) is 11.7. The molecule has 0 atom stereocenters. The quantitative estimate of drug-likeness (QED) is 0.744. The molecule has 0 radical (unpaired) electrons. The zero-order valence-corrected chi connectivity index (χ0v) is 12.5. The summed E-state index contributed by atoms with van der Waals surface area (Å²) in [4.78, 5) is 11.1. The fraction of sp³-hybridized carbons (Fsp3) is 0.500. The second-order valence-electron chi connectivity index (χ2n) is 5.42. The summed E-state index contributed by atoms with van der Waals surface area (Å²) in [7, 11) is -3.90. The van der Waals surface area contributed by atoms with Crippen LogP contribution in [-0.4, -0.2) is 26.0 Å². The number of nitrogens with two attached hydrogens (primary N) is 1. The first-order chi connectivity index (χ1) is 9.88. The Morgan fingerprint density at radius 2 is 2.00 bits per heavy atom. The molecule has 0 aromatic heterocycles. The average molecular weight is 312 g/mol. The lowest BCUT2D eigenvalue weighted by Crippen LogP contribution is -2.15. The molecule has 1 fully saturated rings. The monoisotopic (exact) mass is 312 g/mol. The van der Waals surface area contributed by atoms with Gasteiger partial charge in [-0.25, -0.2) is 18.4 Å². The van der Waals surface area contributed by atoms with Crippen molar-refractivity contribution in [1.29, 1.82) is 0 Å². The lowest BCUT2D eigenvalue weighted by molar-refractivity contribution is 0.0697. The van der Waals surface area contributed by atoms with E-state index < -0.39 is 16.0 Å². The molecule has 1 aliphatic carbocycles. The Morgan fingerprint density at radius 3 is 2.57 bits per heavy atom. The Kier molecular flexibility index (Phi) is 4.84. The minimum absolute atomic E-state index is 0.0760. The first-order valence-corrected chi connectivity index (χ1v) is 8.56. The Labute approximate surface area is 124 Å². The molecule has 0 bridgehead atoms. The van der Waals surface area contributed by atoms with Crippen molar-refractivity contribution in [3.05, 3.63) is 23.8 Å². The van der Waals surface area contributed by atoms with Gasteiger partial charge in [0.2, 0.25) is 10.0 Å². The first kappa shape index (κ1) is 15.8. The van der Waals surface area contributed by atoms with E-state index in [0.29, 0.717) is 18.2 Å². The number of sulfonamides is 1. The summed E-state index contributed by atoms with van der Waals surface area (Å²) >= 11 is 0. The van der Waals surface area contributed by atoms with Crippen molar-refractivity contribution in [2.45, 2.75) is 37.0 Å². The fourth-order valence-electron chi connectivity index (χ4n) is 2.74. The molecule has 0 saturated heterocycles. The van der Waals surface area contributed by atoms with E-state index in [2.05, 4.69) is 5.32 Å². The van der Waals surface area contributed by atoms with Crippen molar-refractivity contribution < 1.29 is 18.3 Å². The van der Waals surface area contributed by atoms with Gasteiger partial charge in [0, 0.05) is 12.2 Å². The van der Waals surface area contributed by atoms with Gasteiger partial charge in [0.15, 0.2) is 0 Å². The Morgan fingerprint density at radius 1 is 1.33 bits per heavy atom. The molecule has 0 heterocycles. The second-order valence-corrected chi connectivity index (χ2v) is 6.98. The summed E-state index contributed by atoms with van der Waals surface area (Å²) in [6, 6.07) is 3.87. The van der Waals surface area contributed by atoms with E-state index in [1.54, 1.807) is 0 Å². The van der Waals surface area contributed by atoms with Gasteiger partial charge in [-0.1, -0.05) is 25.7 Å². The van der Waals surface area contributed by atoms with Crippen molar-refractivity contribution >= 4 is 21.7 Å². The Balaban J connectivity index is 2.09. The number of carboxylic acid groups (broad SMARTS) is 1. The van der Waals surface area contributed by atoms with E-state index in [1.807, 2.05) is 0 Å². The number of aromatic carboxylic acids is 1. The number of hydrogen-bond donors (Lipinski definition) is 3. The SMILES string of the molecule is NS(=O)(=O)c1ccc(NCCC2CCCC2)c(C(=O)O)c1. The topological polar surface area (TPSA) is 109 Å². The van der Waals surface area contributed by atoms with Crippen LogP contribution < -0.4 is 10.5 Å². The molecule has 0 aliphatic heterocycles. The summed E-state index contributed by atoms with van der Waals surface area (Å²) in [5.41, 5.74) is 0.348. The van der Waals surface area contributed by atoms with Gasteiger partial charge in [0.1, 0.15) is 0 Å². The molecule has 1 aromatic rings. The summed E-state index contributed by atoms with van der Waals surface area (Å²) in [5.74, 6) is -0.474. The van der Waals surface area contributed by atoms with Crippen LogP contribution >= 0.6 is 0 Å². The summed E-state index contributed by atoms with van der Waals surface area (Å²) in [5, 5.41) is 17.3. The molecule has 2 rings (SSSR count). The zero-order chi connectivity index (χ0) is 15.5. The maximum atomic E-state index is 11.3. The van der Waals surface area contributed by atoms with E-state index >= 15 is 0 Å². The number of anilines is 1. The van der Waals surface area contributed by atoms with Crippen LogP contribution in [0.4, 0.5) is 5.69 Å². The third kappa shape index (κ3) is 4.18. The molecule has 7 heteroatoms. The molecule has 21 heavy (non-hydrogen) atoms. The van der Waals surface area contributed by atoms with Crippen LogP contribution in [0.25, 0.3) is 0 Å². The fourth-order valence-corrected chi connectivity index (χ4v) is 3.28. The third-order valence-electron chi connectivity index (χ3n) is 3.89. The van der Waals surface area contributed by atoms with Crippen LogP contribution in [0.3, 0.4) is 0 Å². The van der Waals surface area contributed by atoms with Crippen molar-refractivity contribution in [3.8, 4) is 0 Å². The summed E-state index contributed by atoms with van der Waals surface area (Å²) < 4.78 is 22.5. The van der Waals surface area contributed by atoms with Crippen LogP contribution in [0.5, 0.6) is 0 Å². The Bertz CT molecular complexity index is 622. The van der Waals surface area contributed by atoms with Gasteiger partial charge in [-0.3, -0.25) is 0 Å². The molecule has 0 amide bonds. The van der Waals surface area contributed by atoms with E-state index in [1.165, 1.54) is 37.8 Å². The van der Waals surface area contributed by atoms with Gasteiger partial charge >= 0.3 is 5.97 Å². The van der Waals surface area contributed by atoms with Crippen LogP contribution in [0.1, 0.15) is 42.5 Å². The number of nitrogens with one attached hydrogen (secondary N) is 1. The highest BCUT2D eigenvalue weighted by Crippen LogP contribution is 2.28. The van der Waals surface area contributed by atoms with E-state index in [0.717, 1.165) is 12.5 Å². The van der Waals surface area contributed by atoms with Gasteiger partial charge < -0.3 is 10.4 Å². The molecule has 6 nitrogen and oxygen atoms in total. The van der Waals surface area contributed by atoms with Crippen LogP contribution in [-0.2, 0) is 10.0 Å². The van der Waals surface area contributed by atoms with Gasteiger partial charge in [-0.05, 0) is 30.5 Å². The van der Waals surface area contributed by atoms with E-state index in [9.17, 15) is 18.3 Å². The highest BCUT2D eigenvalue weighted by molar-refractivity contribution is 7.89. The highest BCUT2D eigenvalue weighted by Gasteiger charge is 2.17. The van der Waals surface area contributed by atoms with Crippen LogP contribution in [0.2, 0.25) is 0 Å². The number of benzene rings is 1. The molecule has 1 aliphatic rings. The molecule has 1 aromatic carbocycles. The lowest BCUT2D eigenvalue weighted by Gasteiger charge is -2.13. The van der Waals surface area contributed by atoms with Gasteiger partial charge in [-0.15, -0.1) is 0 Å². The molecule has 0 spiro atoms. The van der Waals surface area contributed by atoms with Crippen molar-refractivity contribution in [1.82, 2.24) is 0 Å². The first-order valence-electron chi connectivity index (χ1n) is 7.02. The van der Waals surface area contributed by atoms with Gasteiger partial charge in [0.05, 0.1) is 10.5 Å². The highest BCUT2D eigenvalue weighted by atomic mass is 32.2. The minimum Gasteiger partial charge on any atom is -0.478 e. The van der Waals surface area contributed by atoms with Gasteiger partial charge in [-0.2, -0.15) is 0 Å². The summed E-state index contributed by atoms with van der Waals surface area (Å²) in [6.07, 6.45) is 6.01. The number of carboxylic acids is 1. The molecular weight excluding hydrogens is 292 g/mol. The number of rotatable bonds is 6. The average Bonchev–Trinajstić information content (AvgIpc) is 2.90. The standard InChI is InChI=1S/C14H20N2O4S/c15-21(19,20)11-5-6-13(12(9-11)14(17)18)16-8-7-10-3-1-2-4-10/h5-6,9-10,16H,1-4,7-8H2,(H,17,18)(H2,15,19,20).